The Labute approximate surface area is 197 Å². The third kappa shape index (κ3) is 6.23. The summed E-state index contributed by atoms with van der Waals surface area (Å²) in [4.78, 5) is 13.1. The molecule has 0 fully saturated rings. The summed E-state index contributed by atoms with van der Waals surface area (Å²) in [5.41, 5.74) is 8.95. The second-order valence-corrected chi connectivity index (χ2v) is 7.38. The molecule has 0 radical (unpaired) electrons. The summed E-state index contributed by atoms with van der Waals surface area (Å²) in [7, 11) is 6.45. The number of ether oxygens (including phenoxy) is 2. The zero-order valence-corrected chi connectivity index (χ0v) is 20.0. The fraction of sp³-hybridized carbons (Fsp3) is 0.174. The van der Waals surface area contributed by atoms with Crippen LogP contribution in [-0.4, -0.2) is 46.2 Å². The van der Waals surface area contributed by atoms with Crippen molar-refractivity contribution in [3.05, 3.63) is 59.2 Å². The lowest BCUT2D eigenvalue weighted by atomic mass is 10.0. The van der Waals surface area contributed by atoms with Crippen LogP contribution in [0.2, 0.25) is 5.02 Å². The number of nitrogens with zero attached hydrogens (tertiary/aromatic N) is 3. The second-order valence-electron chi connectivity index (χ2n) is 6.10. The van der Waals surface area contributed by atoms with E-state index in [2.05, 4.69) is 32.1 Å². The summed E-state index contributed by atoms with van der Waals surface area (Å²) >= 11 is 7.43. The zero-order chi connectivity index (χ0) is 23.5. The summed E-state index contributed by atoms with van der Waals surface area (Å²) in [6.45, 7) is 3.62. The monoisotopic (exact) mass is 471 g/mol. The van der Waals surface area contributed by atoms with E-state index >= 15 is 0 Å². The Morgan fingerprint density at radius 2 is 1.91 bits per heavy atom. The number of nitrogens with two attached hydrogens (primary N) is 1. The summed E-state index contributed by atoms with van der Waals surface area (Å²) in [6, 6.07) is 13.6. The van der Waals surface area contributed by atoms with E-state index in [1.54, 1.807) is 39.7 Å². The van der Waals surface area contributed by atoms with Gasteiger partial charge in [-0.05, 0) is 67.7 Å². The van der Waals surface area contributed by atoms with Crippen molar-refractivity contribution < 1.29 is 9.47 Å². The molecule has 3 aromatic rings. The van der Waals surface area contributed by atoms with E-state index in [1.807, 2.05) is 36.4 Å². The average molecular weight is 472 g/mol. The maximum atomic E-state index is 6.07. The standard InChI is InChI=1S/C22H21ClN4O2S.CH5N/c1-24-12-15-9-14(5-7-19(15)25-2)18-11-17(6-8-20(18)28-3)27-30-21-10-16(23)13-26-22(21)29-4;1-2/h5-13,27H,2H2,1,3-4H3;2H2,1H3. The molecule has 2 aromatic carbocycles. The zero-order valence-electron chi connectivity index (χ0n) is 18.4. The SMILES string of the molecule is C=Nc1ccc(-c2cc(NSc3cc(Cl)cnc3OC)ccc2OC)cc1C=NC.CN. The van der Waals surface area contributed by atoms with Gasteiger partial charge in [0.15, 0.2) is 0 Å². The van der Waals surface area contributed by atoms with E-state index < -0.39 is 0 Å². The van der Waals surface area contributed by atoms with Crippen LogP contribution in [-0.2, 0) is 0 Å². The van der Waals surface area contributed by atoms with Gasteiger partial charge in [-0.3, -0.25) is 9.98 Å². The van der Waals surface area contributed by atoms with Gasteiger partial charge in [-0.15, -0.1) is 0 Å². The smallest absolute Gasteiger partial charge is 0.228 e. The summed E-state index contributed by atoms with van der Waals surface area (Å²) < 4.78 is 14.2. The van der Waals surface area contributed by atoms with Gasteiger partial charge in [0, 0.05) is 36.3 Å². The molecule has 0 saturated carbocycles. The molecule has 168 valence electrons. The maximum absolute atomic E-state index is 6.07. The van der Waals surface area contributed by atoms with Crippen LogP contribution < -0.4 is 19.9 Å². The summed E-state index contributed by atoms with van der Waals surface area (Å²) in [6.07, 6.45) is 3.31. The highest BCUT2D eigenvalue weighted by molar-refractivity contribution is 8.00. The van der Waals surface area contributed by atoms with Gasteiger partial charge in [0.2, 0.25) is 5.88 Å². The first-order chi connectivity index (χ1) is 15.6. The number of pyridine rings is 1. The van der Waals surface area contributed by atoms with E-state index in [1.165, 1.54) is 19.0 Å². The molecule has 0 amide bonds. The van der Waals surface area contributed by atoms with Crippen molar-refractivity contribution in [1.29, 1.82) is 0 Å². The highest BCUT2D eigenvalue weighted by atomic mass is 35.5. The van der Waals surface area contributed by atoms with Crippen molar-refractivity contribution in [2.45, 2.75) is 4.90 Å². The predicted molar refractivity (Wildman–Crippen MR) is 137 cm³/mol. The Kier molecular flexibility index (Phi) is 10.0. The lowest BCUT2D eigenvalue weighted by Crippen LogP contribution is -1.95. The number of hydrogen-bond acceptors (Lipinski definition) is 8. The molecule has 0 saturated heterocycles. The van der Waals surface area contributed by atoms with Crippen molar-refractivity contribution in [2.75, 3.05) is 33.0 Å². The van der Waals surface area contributed by atoms with Crippen LogP contribution in [0.25, 0.3) is 11.1 Å². The number of nitrogens with one attached hydrogen (secondary N) is 1. The normalized spacial score (nSPS) is 10.3. The quantitative estimate of drug-likeness (QED) is 0.333. The van der Waals surface area contributed by atoms with E-state index in [-0.39, 0.29) is 0 Å². The fourth-order valence-electron chi connectivity index (χ4n) is 2.85. The number of aromatic nitrogens is 1. The molecule has 0 spiro atoms. The molecular weight excluding hydrogens is 446 g/mol. The van der Waals surface area contributed by atoms with E-state index in [9.17, 15) is 0 Å². The molecule has 0 aliphatic heterocycles. The molecule has 9 heteroatoms. The Bertz CT molecular complexity index is 1090. The van der Waals surface area contributed by atoms with Gasteiger partial charge in [0.05, 0.1) is 29.8 Å². The van der Waals surface area contributed by atoms with Gasteiger partial charge >= 0.3 is 0 Å². The first-order valence-corrected chi connectivity index (χ1v) is 10.7. The minimum atomic E-state index is 0.502. The number of anilines is 1. The first-order valence-electron chi connectivity index (χ1n) is 9.51. The number of methoxy groups -OCH3 is 2. The molecule has 0 aliphatic carbocycles. The minimum absolute atomic E-state index is 0.502. The number of aliphatic imine (C=N–C) groups is 2. The van der Waals surface area contributed by atoms with Crippen molar-refractivity contribution in [3.63, 3.8) is 0 Å². The predicted octanol–water partition coefficient (Wildman–Crippen LogP) is 5.49. The van der Waals surface area contributed by atoms with Crippen molar-refractivity contribution in [2.24, 2.45) is 15.7 Å². The van der Waals surface area contributed by atoms with Crippen molar-refractivity contribution >= 4 is 47.9 Å². The highest BCUT2D eigenvalue weighted by Gasteiger charge is 2.11. The molecular formula is C23H26ClN5O2S. The molecule has 32 heavy (non-hydrogen) atoms. The van der Waals surface area contributed by atoms with Crippen LogP contribution in [0.5, 0.6) is 11.6 Å². The summed E-state index contributed by atoms with van der Waals surface area (Å²) in [5, 5.41) is 0.538. The molecule has 1 heterocycles. The lowest BCUT2D eigenvalue weighted by Gasteiger charge is -2.14. The van der Waals surface area contributed by atoms with Gasteiger partial charge in [-0.2, -0.15) is 0 Å². The molecule has 0 bridgehead atoms. The van der Waals surface area contributed by atoms with Crippen LogP contribution in [0.4, 0.5) is 11.4 Å². The third-order valence-electron chi connectivity index (χ3n) is 4.23. The topological polar surface area (TPSA) is 94.1 Å². The van der Waals surface area contributed by atoms with E-state index in [0.717, 1.165) is 38.7 Å². The molecule has 0 aliphatic rings. The molecule has 3 rings (SSSR count). The third-order valence-corrected chi connectivity index (χ3v) is 5.29. The Hall–Kier alpha value is -3.07. The fourth-order valence-corrected chi connectivity index (χ4v) is 3.84. The van der Waals surface area contributed by atoms with Crippen LogP contribution in [0, 0.1) is 0 Å². The van der Waals surface area contributed by atoms with Gasteiger partial charge in [0.25, 0.3) is 0 Å². The van der Waals surface area contributed by atoms with Gasteiger partial charge in [-0.25, -0.2) is 4.98 Å². The van der Waals surface area contributed by atoms with E-state index in [4.69, 9.17) is 21.1 Å². The molecule has 7 nitrogen and oxygen atoms in total. The van der Waals surface area contributed by atoms with Gasteiger partial charge in [0.1, 0.15) is 5.75 Å². The van der Waals surface area contributed by atoms with Crippen LogP contribution in [0.15, 0.2) is 63.5 Å². The molecule has 0 atom stereocenters. The summed E-state index contributed by atoms with van der Waals surface area (Å²) in [5.74, 6) is 1.26. The number of hydrogen-bond donors (Lipinski definition) is 2. The number of rotatable bonds is 8. The Morgan fingerprint density at radius 3 is 2.56 bits per heavy atom. The van der Waals surface area contributed by atoms with Crippen molar-refractivity contribution in [1.82, 2.24) is 4.98 Å². The van der Waals surface area contributed by atoms with Crippen LogP contribution >= 0.6 is 23.5 Å². The second kappa shape index (κ2) is 12.7. The number of benzene rings is 2. The largest absolute Gasteiger partial charge is 0.496 e. The van der Waals surface area contributed by atoms with Crippen molar-refractivity contribution in [3.8, 4) is 22.8 Å². The van der Waals surface area contributed by atoms with Gasteiger partial charge < -0.3 is 19.9 Å². The maximum Gasteiger partial charge on any atom is 0.228 e. The van der Waals surface area contributed by atoms with Gasteiger partial charge in [-0.1, -0.05) is 17.7 Å². The van der Waals surface area contributed by atoms with Crippen LogP contribution in [0.3, 0.4) is 0 Å². The highest BCUT2D eigenvalue weighted by Crippen LogP contribution is 2.37. The minimum Gasteiger partial charge on any atom is -0.496 e. The number of halogens is 1. The molecule has 1 aromatic heterocycles. The lowest BCUT2D eigenvalue weighted by molar-refractivity contribution is 0.387. The Balaban J connectivity index is 0.00000176. The molecule has 0 unspecified atom stereocenters. The molecule has 3 N–H and O–H groups in total. The Morgan fingerprint density at radius 1 is 1.12 bits per heavy atom. The van der Waals surface area contributed by atoms with E-state index in [0.29, 0.717) is 10.9 Å². The average Bonchev–Trinajstić information content (AvgIpc) is 2.84. The van der Waals surface area contributed by atoms with Crippen LogP contribution in [0.1, 0.15) is 5.56 Å². The first kappa shape index (κ1) is 25.2.